The summed E-state index contributed by atoms with van der Waals surface area (Å²) in [6, 6.07) is 8.23. The van der Waals surface area contributed by atoms with E-state index < -0.39 is 17.9 Å². The normalized spacial score (nSPS) is 20.3. The molecule has 12 heteroatoms. The Morgan fingerprint density at radius 1 is 0.973 bits per heavy atom. The summed E-state index contributed by atoms with van der Waals surface area (Å²) in [5.41, 5.74) is 2.13. The molecule has 0 radical (unpaired) electrons. The van der Waals surface area contributed by atoms with Crippen molar-refractivity contribution in [2.24, 2.45) is 11.8 Å². The molecule has 0 bridgehead atoms. The highest BCUT2D eigenvalue weighted by Crippen LogP contribution is 2.33. The van der Waals surface area contributed by atoms with E-state index in [-0.39, 0.29) is 29.2 Å². The Labute approximate surface area is 208 Å². The van der Waals surface area contributed by atoms with Gasteiger partial charge in [-0.25, -0.2) is 4.39 Å². The third kappa shape index (κ3) is 5.57. The minimum absolute atomic E-state index is 0.0484. The van der Waals surface area contributed by atoms with E-state index in [9.17, 15) is 27.2 Å². The van der Waals surface area contributed by atoms with E-state index in [0.29, 0.717) is 42.8 Å². The first-order chi connectivity index (χ1) is 17.7. The van der Waals surface area contributed by atoms with E-state index in [1.54, 1.807) is 23.1 Å². The number of halogens is 4. The van der Waals surface area contributed by atoms with Crippen molar-refractivity contribution < 1.29 is 31.9 Å². The van der Waals surface area contributed by atoms with Crippen LogP contribution in [0.25, 0.3) is 17.1 Å². The standard InChI is InChI=1S/C25H23F4N5O3/c26-19-11-15(1-5-22(19)37-25(27,28)29)2-6-23(35)33-9-7-17-13-34(14-18(17)8-10-33)24(36)16-3-4-20-21(12-16)31-32-30-20/h1-6,11-12,17-18H,7-10,13-14H2,(H,30,31,32)/t17-,18+. The smallest absolute Gasteiger partial charge is 0.403 e. The molecule has 0 unspecified atom stereocenters. The maximum absolute atomic E-state index is 13.9. The number of carbonyl (C=O) groups is 2. The maximum atomic E-state index is 13.9. The molecule has 194 valence electrons. The van der Waals surface area contributed by atoms with Gasteiger partial charge < -0.3 is 14.5 Å². The van der Waals surface area contributed by atoms with Crippen molar-refractivity contribution >= 4 is 28.9 Å². The number of rotatable bonds is 4. The van der Waals surface area contributed by atoms with Crippen molar-refractivity contribution in [3.63, 3.8) is 0 Å². The molecule has 2 aromatic carbocycles. The zero-order valence-electron chi connectivity index (χ0n) is 19.5. The summed E-state index contributed by atoms with van der Waals surface area (Å²) in [6.45, 7) is 2.27. The molecule has 0 aliphatic carbocycles. The number of carbonyl (C=O) groups excluding carboxylic acids is 2. The van der Waals surface area contributed by atoms with Gasteiger partial charge in [0.1, 0.15) is 11.0 Å². The number of benzene rings is 2. The lowest BCUT2D eigenvalue weighted by atomic mass is 9.92. The van der Waals surface area contributed by atoms with Gasteiger partial charge in [-0.3, -0.25) is 9.59 Å². The fraction of sp³-hybridized carbons (Fsp3) is 0.360. The molecule has 3 heterocycles. The molecule has 5 rings (SSSR count). The molecular formula is C25H23F4N5O3. The van der Waals surface area contributed by atoms with Crippen molar-refractivity contribution in [3.8, 4) is 5.75 Å². The van der Waals surface area contributed by atoms with Gasteiger partial charge in [-0.15, -0.1) is 13.2 Å². The van der Waals surface area contributed by atoms with Crippen LogP contribution in [0.4, 0.5) is 17.6 Å². The Morgan fingerprint density at radius 3 is 2.35 bits per heavy atom. The van der Waals surface area contributed by atoms with Crippen LogP contribution in [0.15, 0.2) is 42.5 Å². The second-order valence-corrected chi connectivity index (χ2v) is 9.23. The van der Waals surface area contributed by atoms with Gasteiger partial charge in [0.25, 0.3) is 5.91 Å². The molecule has 37 heavy (non-hydrogen) atoms. The number of hydrogen-bond donors (Lipinski definition) is 1. The summed E-state index contributed by atoms with van der Waals surface area (Å²) in [7, 11) is 0. The number of fused-ring (bicyclic) bond motifs is 2. The highest BCUT2D eigenvalue weighted by molar-refractivity contribution is 5.97. The zero-order chi connectivity index (χ0) is 26.2. The second kappa shape index (κ2) is 9.83. The summed E-state index contributed by atoms with van der Waals surface area (Å²) in [5, 5.41) is 10.6. The van der Waals surface area contributed by atoms with Gasteiger partial charge in [0.2, 0.25) is 5.91 Å². The summed E-state index contributed by atoms with van der Waals surface area (Å²) in [6.07, 6.45) is -0.852. The van der Waals surface area contributed by atoms with E-state index in [4.69, 9.17) is 0 Å². The fourth-order valence-electron chi connectivity index (χ4n) is 4.99. The molecule has 8 nitrogen and oxygen atoms in total. The van der Waals surface area contributed by atoms with Crippen molar-refractivity contribution in [2.75, 3.05) is 26.2 Å². The average molecular weight is 517 g/mol. The van der Waals surface area contributed by atoms with E-state index >= 15 is 0 Å². The molecule has 2 aliphatic heterocycles. The predicted molar refractivity (Wildman–Crippen MR) is 125 cm³/mol. The molecule has 1 N–H and O–H groups in total. The first-order valence-corrected chi connectivity index (χ1v) is 11.8. The Balaban J connectivity index is 1.16. The lowest BCUT2D eigenvalue weighted by molar-refractivity contribution is -0.275. The monoisotopic (exact) mass is 517 g/mol. The van der Waals surface area contributed by atoms with Gasteiger partial charge in [-0.1, -0.05) is 6.07 Å². The Kier molecular flexibility index (Phi) is 6.57. The first kappa shape index (κ1) is 24.7. The largest absolute Gasteiger partial charge is 0.573 e. The molecule has 3 aromatic rings. The number of ether oxygens (including phenoxy) is 1. The topological polar surface area (TPSA) is 91.4 Å². The van der Waals surface area contributed by atoms with E-state index in [2.05, 4.69) is 20.1 Å². The lowest BCUT2D eigenvalue weighted by Gasteiger charge is -2.21. The molecule has 2 aliphatic rings. The van der Waals surface area contributed by atoms with Crippen LogP contribution in [0.2, 0.25) is 0 Å². The van der Waals surface area contributed by atoms with E-state index in [1.165, 1.54) is 18.2 Å². The maximum Gasteiger partial charge on any atom is 0.573 e. The molecule has 2 atom stereocenters. The SMILES string of the molecule is O=C(C=Cc1ccc(OC(F)(F)F)c(F)c1)N1CC[C@@H]2CN(C(=O)c3ccc4n[nH]nc4c3)C[C@@H]2CC1. The number of alkyl halides is 3. The van der Waals surface area contributed by atoms with Gasteiger partial charge in [0.05, 0.1) is 0 Å². The van der Waals surface area contributed by atoms with Crippen LogP contribution in [-0.2, 0) is 4.79 Å². The number of likely N-dealkylation sites (tertiary alicyclic amines) is 2. The Hall–Kier alpha value is -3.96. The molecular weight excluding hydrogens is 494 g/mol. The minimum atomic E-state index is -4.99. The van der Waals surface area contributed by atoms with E-state index in [1.807, 2.05) is 4.90 Å². The van der Waals surface area contributed by atoms with E-state index in [0.717, 1.165) is 25.0 Å². The van der Waals surface area contributed by atoms with Gasteiger partial charge in [0, 0.05) is 37.8 Å². The van der Waals surface area contributed by atoms with Crippen molar-refractivity contribution in [1.82, 2.24) is 25.2 Å². The van der Waals surface area contributed by atoms with Crippen LogP contribution in [-0.4, -0.2) is 69.6 Å². The first-order valence-electron chi connectivity index (χ1n) is 11.8. The highest BCUT2D eigenvalue weighted by atomic mass is 19.4. The number of hydrogen-bond acceptors (Lipinski definition) is 5. The van der Waals surface area contributed by atoms with Gasteiger partial charge >= 0.3 is 6.36 Å². The number of aromatic amines is 1. The summed E-state index contributed by atoms with van der Waals surface area (Å²) >= 11 is 0. The summed E-state index contributed by atoms with van der Waals surface area (Å²) in [4.78, 5) is 29.3. The second-order valence-electron chi connectivity index (χ2n) is 9.23. The van der Waals surface area contributed by atoms with Crippen LogP contribution in [0.1, 0.15) is 28.8 Å². The van der Waals surface area contributed by atoms with Gasteiger partial charge in [0.15, 0.2) is 11.6 Å². The zero-order valence-corrected chi connectivity index (χ0v) is 19.5. The van der Waals surface area contributed by atoms with Crippen molar-refractivity contribution in [3.05, 3.63) is 59.4 Å². The number of nitrogens with zero attached hydrogens (tertiary/aromatic N) is 4. The molecule has 2 saturated heterocycles. The van der Waals surface area contributed by atoms with Crippen LogP contribution < -0.4 is 4.74 Å². The van der Waals surface area contributed by atoms with Crippen molar-refractivity contribution in [2.45, 2.75) is 19.2 Å². The summed E-state index contributed by atoms with van der Waals surface area (Å²) in [5.74, 6) is -1.86. The molecule has 1 aromatic heterocycles. The third-order valence-corrected chi connectivity index (χ3v) is 6.88. The fourth-order valence-corrected chi connectivity index (χ4v) is 4.99. The third-order valence-electron chi connectivity index (χ3n) is 6.88. The minimum Gasteiger partial charge on any atom is -0.403 e. The number of H-pyrrole nitrogens is 1. The molecule has 0 saturated carbocycles. The highest BCUT2D eigenvalue weighted by Gasteiger charge is 2.37. The quantitative estimate of drug-likeness (QED) is 0.417. The molecule has 0 spiro atoms. The average Bonchev–Trinajstić information content (AvgIpc) is 3.44. The van der Waals surface area contributed by atoms with Crippen LogP contribution in [0.3, 0.4) is 0 Å². The Morgan fingerprint density at radius 2 is 1.68 bits per heavy atom. The van der Waals surface area contributed by atoms with Crippen LogP contribution in [0, 0.1) is 17.7 Å². The summed E-state index contributed by atoms with van der Waals surface area (Å²) < 4.78 is 54.4. The molecule has 2 amide bonds. The van der Waals surface area contributed by atoms with Gasteiger partial charge in [-0.2, -0.15) is 15.4 Å². The van der Waals surface area contributed by atoms with Crippen LogP contribution in [0.5, 0.6) is 5.75 Å². The molecule has 2 fully saturated rings. The number of aromatic nitrogens is 3. The Bertz CT molecular complexity index is 1340. The van der Waals surface area contributed by atoms with Crippen LogP contribution >= 0.6 is 0 Å². The lowest BCUT2D eigenvalue weighted by Crippen LogP contribution is -2.33. The number of amides is 2. The predicted octanol–water partition coefficient (Wildman–Crippen LogP) is 4.02. The van der Waals surface area contributed by atoms with Gasteiger partial charge in [-0.05, 0) is 66.6 Å². The van der Waals surface area contributed by atoms with Crippen molar-refractivity contribution in [1.29, 1.82) is 0 Å². The number of nitrogens with one attached hydrogen (secondary N) is 1.